The zero-order chi connectivity index (χ0) is 20.8. The van der Waals surface area contributed by atoms with E-state index in [1.807, 2.05) is 18.2 Å². The predicted molar refractivity (Wildman–Crippen MR) is 112 cm³/mol. The number of likely N-dealkylation sites (tertiary alicyclic amines) is 1. The van der Waals surface area contributed by atoms with E-state index in [9.17, 15) is 14.0 Å². The minimum absolute atomic E-state index is 0.00442. The lowest BCUT2D eigenvalue weighted by molar-refractivity contribution is -0.136. The van der Waals surface area contributed by atoms with Crippen LogP contribution in [-0.4, -0.2) is 29.8 Å². The molecular weight excluding hydrogens is 369 g/mol. The Morgan fingerprint density at radius 2 is 1.90 bits per heavy atom. The molecule has 5 nitrogen and oxygen atoms in total. The first-order chi connectivity index (χ1) is 13.9. The molecule has 0 spiro atoms. The van der Waals surface area contributed by atoms with Crippen LogP contribution in [0, 0.1) is 18.7 Å². The van der Waals surface area contributed by atoms with Gasteiger partial charge in [0.05, 0.1) is 5.69 Å². The highest BCUT2D eigenvalue weighted by Gasteiger charge is 2.19. The Morgan fingerprint density at radius 3 is 2.66 bits per heavy atom. The van der Waals surface area contributed by atoms with Gasteiger partial charge in [0.15, 0.2) is 0 Å². The van der Waals surface area contributed by atoms with Crippen LogP contribution in [0.25, 0.3) is 0 Å². The number of amides is 2. The summed E-state index contributed by atoms with van der Waals surface area (Å²) in [6, 6.07) is 12.3. The van der Waals surface area contributed by atoms with Gasteiger partial charge in [-0.25, -0.2) is 4.39 Å². The molecule has 1 heterocycles. The SMILES string of the molecule is Cc1ccc(F)c(NC(=O)C(=O)NCc2ccccc2CN2CCCC(C)C2)c1. The lowest BCUT2D eigenvalue weighted by atomic mass is 9.99. The van der Waals surface area contributed by atoms with Crippen molar-refractivity contribution in [2.45, 2.75) is 39.8 Å². The lowest BCUT2D eigenvalue weighted by Gasteiger charge is -2.31. The van der Waals surface area contributed by atoms with Crippen molar-refractivity contribution in [3.8, 4) is 0 Å². The molecule has 1 aliphatic rings. The lowest BCUT2D eigenvalue weighted by Crippen LogP contribution is -2.36. The fourth-order valence-corrected chi connectivity index (χ4v) is 3.73. The summed E-state index contributed by atoms with van der Waals surface area (Å²) in [6.45, 7) is 7.29. The molecule has 2 N–H and O–H groups in total. The number of hydrogen-bond acceptors (Lipinski definition) is 3. The van der Waals surface area contributed by atoms with Crippen LogP contribution in [0.15, 0.2) is 42.5 Å². The number of halogens is 1. The van der Waals surface area contributed by atoms with Gasteiger partial charge in [-0.3, -0.25) is 14.5 Å². The molecule has 0 radical (unpaired) electrons. The summed E-state index contributed by atoms with van der Waals surface area (Å²) >= 11 is 0. The Hall–Kier alpha value is -2.73. The predicted octanol–water partition coefficient (Wildman–Crippen LogP) is 3.62. The second kappa shape index (κ2) is 9.65. The summed E-state index contributed by atoms with van der Waals surface area (Å²) < 4.78 is 13.8. The maximum atomic E-state index is 13.8. The molecule has 0 saturated carbocycles. The molecule has 1 aliphatic heterocycles. The molecule has 0 aromatic heterocycles. The molecule has 154 valence electrons. The molecule has 0 aliphatic carbocycles. The number of anilines is 1. The molecule has 1 atom stereocenters. The van der Waals surface area contributed by atoms with E-state index in [1.165, 1.54) is 25.0 Å². The van der Waals surface area contributed by atoms with E-state index in [1.54, 1.807) is 13.0 Å². The number of nitrogens with zero attached hydrogens (tertiary/aromatic N) is 1. The van der Waals surface area contributed by atoms with E-state index in [-0.39, 0.29) is 12.2 Å². The van der Waals surface area contributed by atoms with E-state index in [4.69, 9.17) is 0 Å². The zero-order valence-electron chi connectivity index (χ0n) is 17.0. The number of aryl methyl sites for hydroxylation is 1. The number of carbonyl (C=O) groups is 2. The molecule has 1 unspecified atom stereocenters. The number of piperidine rings is 1. The maximum Gasteiger partial charge on any atom is 0.313 e. The summed E-state index contributed by atoms with van der Waals surface area (Å²) in [5.74, 6) is -1.54. The van der Waals surface area contributed by atoms with Gasteiger partial charge in [0, 0.05) is 19.6 Å². The molecule has 1 saturated heterocycles. The van der Waals surface area contributed by atoms with Crippen LogP contribution >= 0.6 is 0 Å². The smallest absolute Gasteiger partial charge is 0.313 e. The van der Waals surface area contributed by atoms with Gasteiger partial charge in [-0.05, 0) is 61.1 Å². The number of carbonyl (C=O) groups excluding carboxylic acids is 2. The van der Waals surface area contributed by atoms with E-state index in [0.29, 0.717) is 5.92 Å². The second-order valence-corrected chi connectivity index (χ2v) is 7.87. The van der Waals surface area contributed by atoms with E-state index >= 15 is 0 Å². The van der Waals surface area contributed by atoms with Crippen molar-refractivity contribution >= 4 is 17.5 Å². The number of benzene rings is 2. The minimum atomic E-state index is -0.878. The summed E-state index contributed by atoms with van der Waals surface area (Å²) in [6.07, 6.45) is 2.47. The van der Waals surface area contributed by atoms with Gasteiger partial charge < -0.3 is 10.6 Å². The number of hydrogen-bond donors (Lipinski definition) is 2. The van der Waals surface area contributed by atoms with Gasteiger partial charge in [-0.1, -0.05) is 37.3 Å². The van der Waals surface area contributed by atoms with Crippen molar-refractivity contribution in [3.05, 3.63) is 65.0 Å². The maximum absolute atomic E-state index is 13.8. The van der Waals surface area contributed by atoms with Crippen LogP contribution in [0.4, 0.5) is 10.1 Å². The van der Waals surface area contributed by atoms with Crippen LogP contribution in [-0.2, 0) is 22.7 Å². The molecule has 1 fully saturated rings. The summed E-state index contributed by atoms with van der Waals surface area (Å²) in [5.41, 5.74) is 2.92. The third-order valence-corrected chi connectivity index (χ3v) is 5.27. The normalized spacial score (nSPS) is 17.0. The highest BCUT2D eigenvalue weighted by Crippen LogP contribution is 2.20. The number of nitrogens with one attached hydrogen (secondary N) is 2. The standard InChI is InChI=1S/C23H28FN3O2/c1-16-9-10-20(24)21(12-16)26-23(29)22(28)25-13-18-7-3-4-8-19(18)15-27-11-5-6-17(2)14-27/h3-4,7-10,12,17H,5-6,11,13-15H2,1-2H3,(H,25,28)(H,26,29). The van der Waals surface area contributed by atoms with Crippen LogP contribution in [0.3, 0.4) is 0 Å². The van der Waals surface area contributed by atoms with Crippen molar-refractivity contribution in [1.82, 2.24) is 10.2 Å². The Bertz CT molecular complexity index is 884. The summed E-state index contributed by atoms with van der Waals surface area (Å²) in [5, 5.41) is 4.99. The van der Waals surface area contributed by atoms with Gasteiger partial charge in [0.2, 0.25) is 0 Å². The van der Waals surface area contributed by atoms with Crippen molar-refractivity contribution in [1.29, 1.82) is 0 Å². The quantitative estimate of drug-likeness (QED) is 0.758. The topological polar surface area (TPSA) is 61.4 Å². The Labute approximate surface area is 171 Å². The van der Waals surface area contributed by atoms with Gasteiger partial charge in [-0.15, -0.1) is 0 Å². The summed E-state index contributed by atoms with van der Waals surface area (Å²) in [7, 11) is 0. The highest BCUT2D eigenvalue weighted by atomic mass is 19.1. The minimum Gasteiger partial charge on any atom is -0.344 e. The van der Waals surface area contributed by atoms with E-state index < -0.39 is 17.6 Å². The van der Waals surface area contributed by atoms with Crippen molar-refractivity contribution < 1.29 is 14.0 Å². The third-order valence-electron chi connectivity index (χ3n) is 5.27. The summed E-state index contributed by atoms with van der Waals surface area (Å²) in [4.78, 5) is 26.8. The van der Waals surface area contributed by atoms with Crippen LogP contribution in [0.2, 0.25) is 0 Å². The number of rotatable bonds is 5. The molecule has 6 heteroatoms. The molecule has 29 heavy (non-hydrogen) atoms. The second-order valence-electron chi connectivity index (χ2n) is 7.87. The third kappa shape index (κ3) is 5.87. The van der Waals surface area contributed by atoms with Crippen molar-refractivity contribution in [2.24, 2.45) is 5.92 Å². The first kappa shape index (κ1) is 21.0. The Balaban J connectivity index is 1.58. The average molecular weight is 397 g/mol. The molecular formula is C23H28FN3O2. The van der Waals surface area contributed by atoms with Gasteiger partial charge in [0.25, 0.3) is 0 Å². The fraction of sp³-hybridized carbons (Fsp3) is 0.391. The monoisotopic (exact) mass is 397 g/mol. The van der Waals surface area contributed by atoms with E-state index in [2.05, 4.69) is 28.5 Å². The van der Waals surface area contributed by atoms with Gasteiger partial charge in [-0.2, -0.15) is 0 Å². The highest BCUT2D eigenvalue weighted by molar-refractivity contribution is 6.39. The van der Waals surface area contributed by atoms with E-state index in [0.717, 1.165) is 36.3 Å². The first-order valence-electron chi connectivity index (χ1n) is 10.1. The van der Waals surface area contributed by atoms with Crippen molar-refractivity contribution in [3.63, 3.8) is 0 Å². The molecule has 2 amide bonds. The van der Waals surface area contributed by atoms with Crippen LogP contribution in [0.1, 0.15) is 36.5 Å². The van der Waals surface area contributed by atoms with Crippen LogP contribution < -0.4 is 10.6 Å². The molecule has 0 bridgehead atoms. The Morgan fingerprint density at radius 1 is 1.14 bits per heavy atom. The first-order valence-corrected chi connectivity index (χ1v) is 10.1. The van der Waals surface area contributed by atoms with Gasteiger partial charge >= 0.3 is 11.8 Å². The zero-order valence-corrected chi connectivity index (χ0v) is 17.0. The average Bonchev–Trinajstić information content (AvgIpc) is 2.70. The Kier molecular flexibility index (Phi) is 6.99. The molecule has 2 aromatic carbocycles. The largest absolute Gasteiger partial charge is 0.344 e. The molecule has 3 rings (SSSR count). The fourth-order valence-electron chi connectivity index (χ4n) is 3.73. The van der Waals surface area contributed by atoms with Crippen LogP contribution in [0.5, 0.6) is 0 Å². The van der Waals surface area contributed by atoms with Crippen molar-refractivity contribution in [2.75, 3.05) is 18.4 Å². The molecule has 2 aromatic rings. The van der Waals surface area contributed by atoms with Gasteiger partial charge in [0.1, 0.15) is 5.82 Å².